The van der Waals surface area contributed by atoms with Crippen molar-refractivity contribution < 1.29 is 20.1 Å². The molecule has 11 rings (SSSR count). The van der Waals surface area contributed by atoms with Gasteiger partial charge in [0.2, 0.25) is 0 Å². The van der Waals surface area contributed by atoms with Gasteiger partial charge in [0.25, 0.3) is 0 Å². The van der Waals surface area contributed by atoms with Crippen LogP contribution in [0.2, 0.25) is 0 Å². The van der Waals surface area contributed by atoms with Gasteiger partial charge in [-0.2, -0.15) is 0 Å². The fraction of sp³-hybridized carbons (Fsp3) is 0. The van der Waals surface area contributed by atoms with Gasteiger partial charge in [0.05, 0.1) is 0 Å². The van der Waals surface area contributed by atoms with E-state index >= 15 is 0 Å². The standard InChI is InChI=1S/C65H44N.Ir/c1-5-18-46(19-6-1)50-26-15-28-52(34-50)58-37-56(48-22-9-3-10-23-48)39-61(41-58)63-43-60(54-30-17-31-55(36-54)65-32-13-14-33-66-65)44-64(45-63)62-40-57(49-24-11-4-12-25-49)38-59(42-62)53-29-16-27-51(35-53)47-20-7-2-8-21-47;/h1-30,32-45H;/q-1;. The molecule has 11 aromatic rings. The first-order chi connectivity index (χ1) is 32.7. The molecule has 1 heterocycles. The Kier molecular flexibility index (Phi) is 12.6. The molecule has 0 aliphatic heterocycles. The van der Waals surface area contributed by atoms with Crippen LogP contribution in [0.5, 0.6) is 0 Å². The van der Waals surface area contributed by atoms with Crippen molar-refractivity contribution in [3.63, 3.8) is 0 Å². The zero-order valence-corrected chi connectivity index (χ0v) is 39.1. The van der Waals surface area contributed by atoms with E-state index in [0.29, 0.717) is 0 Å². The minimum Gasteiger partial charge on any atom is -0.305 e. The summed E-state index contributed by atoms with van der Waals surface area (Å²) in [6.45, 7) is 0. The second-order valence-electron chi connectivity index (χ2n) is 16.7. The monoisotopic (exact) mass is 1030 g/mol. The molecule has 0 saturated heterocycles. The van der Waals surface area contributed by atoms with Crippen molar-refractivity contribution in [1.82, 2.24) is 4.98 Å². The van der Waals surface area contributed by atoms with Crippen LogP contribution in [0.25, 0.3) is 111 Å². The summed E-state index contributed by atoms with van der Waals surface area (Å²) in [6.07, 6.45) is 1.84. The largest absolute Gasteiger partial charge is 0.305 e. The first-order valence-corrected chi connectivity index (χ1v) is 22.5. The fourth-order valence-corrected chi connectivity index (χ4v) is 8.98. The van der Waals surface area contributed by atoms with Crippen LogP contribution in [0.15, 0.2) is 267 Å². The Labute approximate surface area is 407 Å². The predicted octanol–water partition coefficient (Wildman–Crippen LogP) is 17.5. The Morgan fingerprint density at radius 2 is 0.493 bits per heavy atom. The molecule has 319 valence electrons. The summed E-state index contributed by atoms with van der Waals surface area (Å²) in [7, 11) is 0. The van der Waals surface area contributed by atoms with E-state index in [-0.39, 0.29) is 20.1 Å². The Morgan fingerprint density at radius 3 is 0.851 bits per heavy atom. The Balaban J connectivity index is 0.00000525. The van der Waals surface area contributed by atoms with E-state index in [1.165, 1.54) is 55.6 Å². The van der Waals surface area contributed by atoms with Gasteiger partial charge in [0.15, 0.2) is 0 Å². The van der Waals surface area contributed by atoms with Gasteiger partial charge in [-0.3, -0.25) is 0 Å². The van der Waals surface area contributed by atoms with Gasteiger partial charge in [-0.1, -0.05) is 170 Å². The summed E-state index contributed by atoms with van der Waals surface area (Å²) < 4.78 is 0. The Morgan fingerprint density at radius 1 is 0.224 bits per heavy atom. The molecule has 0 amide bonds. The summed E-state index contributed by atoms with van der Waals surface area (Å²) in [4.78, 5) is 4.69. The van der Waals surface area contributed by atoms with Crippen LogP contribution in [0.1, 0.15) is 0 Å². The van der Waals surface area contributed by atoms with Gasteiger partial charge in [0.1, 0.15) is 0 Å². The van der Waals surface area contributed by atoms with E-state index in [1.54, 1.807) is 0 Å². The summed E-state index contributed by atoms with van der Waals surface area (Å²) >= 11 is 0. The predicted molar refractivity (Wildman–Crippen MR) is 277 cm³/mol. The summed E-state index contributed by atoms with van der Waals surface area (Å²) in [5.74, 6) is 0. The van der Waals surface area contributed by atoms with Crippen molar-refractivity contribution in [2.24, 2.45) is 0 Å². The van der Waals surface area contributed by atoms with Crippen molar-refractivity contribution in [3.05, 3.63) is 273 Å². The Hall–Kier alpha value is -8.00. The molecule has 67 heavy (non-hydrogen) atoms. The molecule has 0 bridgehead atoms. The SMILES string of the molecule is [Ir].[c-]1ccc(-c2cc(-c3cc(-c4ccccc4)cc(-c4cccc(-c5ccccc5)c4)c3)cc(-c3cc(-c4ccccc4)cc(-c4cccc(-c5ccccc5)c4)c3)c2)cc1-c1ccccn1. The third-order valence-corrected chi connectivity index (χ3v) is 12.4. The molecule has 0 fully saturated rings. The molecule has 0 atom stereocenters. The number of hydrogen-bond donors (Lipinski definition) is 0. The Bertz CT molecular complexity index is 3250. The zero-order valence-electron chi connectivity index (χ0n) is 36.7. The van der Waals surface area contributed by atoms with Gasteiger partial charge < -0.3 is 4.98 Å². The maximum Gasteiger partial charge on any atom is 0.0160 e. The maximum absolute atomic E-state index is 4.69. The minimum atomic E-state index is 0. The van der Waals surface area contributed by atoms with Gasteiger partial charge >= 0.3 is 0 Å². The number of nitrogens with zero attached hydrogens (tertiary/aromatic N) is 1. The van der Waals surface area contributed by atoms with E-state index < -0.39 is 0 Å². The zero-order chi connectivity index (χ0) is 44.1. The van der Waals surface area contributed by atoms with Gasteiger partial charge in [-0.15, -0.1) is 35.4 Å². The third-order valence-electron chi connectivity index (χ3n) is 12.4. The number of aromatic nitrogens is 1. The average molecular weight is 1030 g/mol. The second kappa shape index (κ2) is 19.6. The fourth-order valence-electron chi connectivity index (χ4n) is 8.98. The summed E-state index contributed by atoms with van der Waals surface area (Å²) in [5, 5.41) is 0. The molecule has 0 saturated carbocycles. The number of rotatable bonds is 10. The summed E-state index contributed by atoms with van der Waals surface area (Å²) in [6, 6.07) is 97.6. The van der Waals surface area contributed by atoms with Crippen molar-refractivity contribution in [3.8, 4) is 111 Å². The van der Waals surface area contributed by atoms with Crippen LogP contribution in [0.3, 0.4) is 0 Å². The molecule has 0 aliphatic carbocycles. The maximum atomic E-state index is 4.69. The van der Waals surface area contributed by atoms with Gasteiger partial charge in [-0.25, -0.2) is 0 Å². The molecule has 0 N–H and O–H groups in total. The van der Waals surface area contributed by atoms with Crippen LogP contribution < -0.4 is 0 Å². The van der Waals surface area contributed by atoms with Gasteiger partial charge in [0, 0.05) is 26.3 Å². The first kappa shape index (κ1) is 42.9. The second-order valence-corrected chi connectivity index (χ2v) is 16.7. The number of benzene rings is 10. The van der Waals surface area contributed by atoms with Crippen LogP contribution in [-0.2, 0) is 20.1 Å². The molecule has 0 spiro atoms. The van der Waals surface area contributed by atoms with Gasteiger partial charge in [-0.05, 0) is 173 Å². The minimum absolute atomic E-state index is 0. The molecule has 1 nitrogen and oxygen atoms in total. The van der Waals surface area contributed by atoms with Crippen molar-refractivity contribution in [2.75, 3.05) is 0 Å². The molecular weight excluding hydrogens is 987 g/mol. The molecular formula is C65H44IrN-. The average Bonchev–Trinajstić information content (AvgIpc) is 3.42. The molecule has 10 aromatic carbocycles. The molecule has 1 aromatic heterocycles. The smallest absolute Gasteiger partial charge is 0.0160 e. The van der Waals surface area contributed by atoms with E-state index in [2.05, 4.69) is 248 Å². The molecule has 1 radical (unpaired) electrons. The molecule has 0 aliphatic rings. The normalized spacial score (nSPS) is 10.9. The third kappa shape index (κ3) is 9.55. The van der Waals surface area contributed by atoms with E-state index in [0.717, 1.165) is 55.8 Å². The van der Waals surface area contributed by atoms with E-state index in [4.69, 9.17) is 0 Å². The molecule has 2 heteroatoms. The quantitative estimate of drug-likeness (QED) is 0.124. The first-order valence-electron chi connectivity index (χ1n) is 22.5. The number of pyridine rings is 1. The van der Waals surface area contributed by atoms with E-state index in [9.17, 15) is 0 Å². The number of hydrogen-bond acceptors (Lipinski definition) is 1. The van der Waals surface area contributed by atoms with Crippen LogP contribution in [0.4, 0.5) is 0 Å². The van der Waals surface area contributed by atoms with E-state index in [1.807, 2.05) is 30.5 Å². The van der Waals surface area contributed by atoms with Crippen molar-refractivity contribution in [2.45, 2.75) is 0 Å². The van der Waals surface area contributed by atoms with Crippen LogP contribution >= 0.6 is 0 Å². The summed E-state index contributed by atoms with van der Waals surface area (Å²) in [5.41, 5.74) is 22.7. The van der Waals surface area contributed by atoms with Crippen LogP contribution in [-0.4, -0.2) is 4.98 Å². The van der Waals surface area contributed by atoms with Crippen molar-refractivity contribution >= 4 is 0 Å². The van der Waals surface area contributed by atoms with Crippen molar-refractivity contribution in [1.29, 1.82) is 0 Å². The molecule has 0 unspecified atom stereocenters. The van der Waals surface area contributed by atoms with Crippen LogP contribution in [0, 0.1) is 6.07 Å². The topological polar surface area (TPSA) is 12.9 Å².